The minimum absolute atomic E-state index is 0.298. The van der Waals surface area contributed by atoms with E-state index >= 15 is 0 Å². The predicted octanol–water partition coefficient (Wildman–Crippen LogP) is 3.31. The largest absolute Gasteiger partial charge is 0.366 e. The smallest absolute Gasteiger partial charge is 0.250 e. The number of nitrogens with one attached hydrogen (secondary N) is 1. The molecule has 0 saturated heterocycles. The number of aryl methyl sites for hydroxylation is 1. The number of amides is 1. The van der Waals surface area contributed by atoms with Crippen LogP contribution in [0.5, 0.6) is 0 Å². The van der Waals surface area contributed by atoms with Crippen LogP contribution in [0, 0.1) is 12.7 Å². The van der Waals surface area contributed by atoms with Gasteiger partial charge in [0.2, 0.25) is 5.95 Å². The summed E-state index contributed by atoms with van der Waals surface area (Å²) in [5, 5.41) is 3.84. The van der Waals surface area contributed by atoms with Gasteiger partial charge in [-0.1, -0.05) is 24.3 Å². The summed E-state index contributed by atoms with van der Waals surface area (Å²) in [5.74, 6) is 0.516. The van der Waals surface area contributed by atoms with Crippen LogP contribution in [0.25, 0.3) is 21.6 Å². The molecule has 0 bridgehead atoms. The van der Waals surface area contributed by atoms with Crippen LogP contribution in [0.3, 0.4) is 0 Å². The number of halogens is 1. The van der Waals surface area contributed by atoms with Gasteiger partial charge >= 0.3 is 0 Å². The van der Waals surface area contributed by atoms with Gasteiger partial charge in [-0.3, -0.25) is 4.79 Å². The van der Waals surface area contributed by atoms with Gasteiger partial charge in [-0.05, 0) is 42.2 Å². The van der Waals surface area contributed by atoms with E-state index < -0.39 is 5.91 Å². The molecule has 7 nitrogen and oxygen atoms in total. The second kappa shape index (κ2) is 7.28. The Kier molecular flexibility index (Phi) is 4.66. The van der Waals surface area contributed by atoms with Crippen molar-refractivity contribution >= 4 is 34.3 Å². The highest BCUT2D eigenvalue weighted by atomic mass is 32.1. The number of primary amides is 1. The Hall–Kier alpha value is -3.46. The Labute approximate surface area is 163 Å². The van der Waals surface area contributed by atoms with Gasteiger partial charge in [0.1, 0.15) is 16.5 Å². The zero-order valence-electron chi connectivity index (χ0n) is 14.8. The fourth-order valence-electron chi connectivity index (χ4n) is 2.82. The lowest BCUT2D eigenvalue weighted by atomic mass is 10.1. The number of fused-ring (bicyclic) bond motifs is 1. The van der Waals surface area contributed by atoms with Crippen LogP contribution in [0.15, 0.2) is 42.5 Å². The van der Waals surface area contributed by atoms with Crippen molar-refractivity contribution in [1.29, 1.82) is 0 Å². The number of anilines is 1. The van der Waals surface area contributed by atoms with Gasteiger partial charge in [-0.25, -0.2) is 9.37 Å². The van der Waals surface area contributed by atoms with Crippen molar-refractivity contribution in [2.24, 2.45) is 5.73 Å². The summed E-state index contributed by atoms with van der Waals surface area (Å²) >= 11 is 1.19. The van der Waals surface area contributed by atoms with Gasteiger partial charge in [0.05, 0.1) is 11.1 Å². The second-order valence-corrected chi connectivity index (χ2v) is 6.86. The molecule has 2 aromatic heterocycles. The highest BCUT2D eigenvalue weighted by Gasteiger charge is 2.17. The third-order valence-electron chi connectivity index (χ3n) is 4.06. The highest BCUT2D eigenvalue weighted by Crippen LogP contribution is 2.32. The number of hydrogen-bond donors (Lipinski definition) is 2. The summed E-state index contributed by atoms with van der Waals surface area (Å²) in [7, 11) is 0. The number of nitrogens with zero attached hydrogens (tertiary/aromatic N) is 4. The molecule has 2 heterocycles. The van der Waals surface area contributed by atoms with E-state index in [4.69, 9.17) is 5.73 Å². The predicted molar refractivity (Wildman–Crippen MR) is 105 cm³/mol. The monoisotopic (exact) mass is 394 g/mol. The molecule has 0 atom stereocenters. The van der Waals surface area contributed by atoms with Crippen molar-refractivity contribution in [3.8, 4) is 10.7 Å². The van der Waals surface area contributed by atoms with E-state index in [0.29, 0.717) is 35.2 Å². The van der Waals surface area contributed by atoms with Gasteiger partial charge in [0, 0.05) is 11.9 Å². The van der Waals surface area contributed by atoms with Crippen LogP contribution in [0.2, 0.25) is 0 Å². The number of nitrogens with two attached hydrogens (primary N) is 1. The molecule has 2 aromatic carbocycles. The summed E-state index contributed by atoms with van der Waals surface area (Å²) < 4.78 is 17.7. The third-order valence-corrected chi connectivity index (χ3v) is 4.92. The van der Waals surface area contributed by atoms with Crippen molar-refractivity contribution in [3.63, 3.8) is 0 Å². The lowest BCUT2D eigenvalue weighted by Gasteiger charge is -2.07. The Morgan fingerprint density at radius 2 is 2.00 bits per heavy atom. The van der Waals surface area contributed by atoms with E-state index in [2.05, 4.69) is 24.6 Å². The number of aromatic nitrogens is 4. The first-order valence-corrected chi connectivity index (χ1v) is 9.18. The summed E-state index contributed by atoms with van der Waals surface area (Å²) in [6.45, 7) is 2.13. The van der Waals surface area contributed by atoms with Gasteiger partial charge < -0.3 is 11.1 Å². The van der Waals surface area contributed by atoms with Crippen LogP contribution in [0.1, 0.15) is 21.7 Å². The Balaban J connectivity index is 1.68. The van der Waals surface area contributed by atoms with Crippen molar-refractivity contribution in [3.05, 3.63) is 65.2 Å². The van der Waals surface area contributed by atoms with E-state index in [9.17, 15) is 9.18 Å². The fourth-order valence-corrected chi connectivity index (χ4v) is 3.63. The fraction of sp³-hybridized carbons (Fsp3) is 0.105. The van der Waals surface area contributed by atoms with Crippen molar-refractivity contribution in [2.75, 3.05) is 5.32 Å². The maximum absolute atomic E-state index is 13.3. The number of carbonyl (C=O) groups is 1. The van der Waals surface area contributed by atoms with Crippen molar-refractivity contribution in [2.45, 2.75) is 13.5 Å². The Bertz CT molecular complexity index is 1190. The minimum Gasteiger partial charge on any atom is -0.366 e. The van der Waals surface area contributed by atoms with E-state index in [-0.39, 0.29) is 5.82 Å². The minimum atomic E-state index is -0.535. The van der Waals surface area contributed by atoms with Crippen LogP contribution in [0.4, 0.5) is 10.3 Å². The molecule has 4 rings (SSSR count). The first kappa shape index (κ1) is 17.9. The van der Waals surface area contributed by atoms with Crippen LogP contribution in [-0.4, -0.2) is 25.2 Å². The summed E-state index contributed by atoms with van der Waals surface area (Å²) in [6.07, 6.45) is 0. The topological polar surface area (TPSA) is 107 Å². The van der Waals surface area contributed by atoms with Crippen molar-refractivity contribution in [1.82, 2.24) is 19.3 Å². The van der Waals surface area contributed by atoms with E-state index in [0.717, 1.165) is 15.8 Å². The molecular formula is C19H15FN6OS. The zero-order chi connectivity index (χ0) is 19.7. The molecule has 0 aliphatic carbocycles. The Morgan fingerprint density at radius 1 is 1.18 bits per heavy atom. The lowest BCUT2D eigenvalue weighted by molar-refractivity contribution is 0.100. The second-order valence-electron chi connectivity index (χ2n) is 6.09. The maximum atomic E-state index is 13.3. The average Bonchev–Trinajstić information content (AvgIpc) is 3.10. The molecular weight excluding hydrogens is 379 g/mol. The SMILES string of the molecule is Cc1nc(NCc2cccc(F)c2)nc(-c2snc3c(C(N)=O)cccc23)n1. The molecule has 4 aromatic rings. The molecule has 3 N–H and O–H groups in total. The van der Waals surface area contributed by atoms with E-state index in [1.165, 1.54) is 23.7 Å². The molecule has 0 radical (unpaired) electrons. The molecule has 1 amide bonds. The zero-order valence-corrected chi connectivity index (χ0v) is 15.6. The normalized spacial score (nSPS) is 10.9. The molecule has 0 saturated carbocycles. The molecule has 0 aliphatic rings. The maximum Gasteiger partial charge on any atom is 0.250 e. The van der Waals surface area contributed by atoms with Gasteiger partial charge in [0.25, 0.3) is 5.91 Å². The van der Waals surface area contributed by atoms with Gasteiger partial charge in [0.15, 0.2) is 5.82 Å². The number of benzene rings is 2. The van der Waals surface area contributed by atoms with Gasteiger partial charge in [-0.15, -0.1) is 0 Å². The summed E-state index contributed by atoms with van der Waals surface area (Å²) in [4.78, 5) is 25.5. The first-order chi connectivity index (χ1) is 13.5. The number of hydrogen-bond acceptors (Lipinski definition) is 7. The molecule has 9 heteroatoms. The highest BCUT2D eigenvalue weighted by molar-refractivity contribution is 7.11. The van der Waals surface area contributed by atoms with Crippen molar-refractivity contribution < 1.29 is 9.18 Å². The molecule has 28 heavy (non-hydrogen) atoms. The molecule has 0 unspecified atom stereocenters. The van der Waals surface area contributed by atoms with E-state index in [1.807, 2.05) is 12.1 Å². The third kappa shape index (κ3) is 3.52. The quantitative estimate of drug-likeness (QED) is 0.538. The van der Waals surface area contributed by atoms with Gasteiger partial charge in [-0.2, -0.15) is 14.3 Å². The van der Waals surface area contributed by atoms with Crippen LogP contribution in [-0.2, 0) is 6.54 Å². The van der Waals surface area contributed by atoms with E-state index in [1.54, 1.807) is 25.1 Å². The molecule has 0 fully saturated rings. The average molecular weight is 394 g/mol. The van der Waals surface area contributed by atoms with Crippen LogP contribution < -0.4 is 11.1 Å². The number of carbonyl (C=O) groups excluding carboxylic acids is 1. The Morgan fingerprint density at radius 3 is 2.79 bits per heavy atom. The molecule has 0 spiro atoms. The lowest BCUT2D eigenvalue weighted by Crippen LogP contribution is -2.11. The summed E-state index contributed by atoms with van der Waals surface area (Å²) in [5.41, 5.74) is 7.09. The standard InChI is InChI=1S/C19H15FN6OS/c1-10-23-18(16-13-6-3-7-14(17(21)27)15(13)26-28-16)25-19(24-10)22-9-11-4-2-5-12(20)8-11/h2-8H,9H2,1H3,(H2,21,27)(H,22,23,24,25). The first-order valence-electron chi connectivity index (χ1n) is 8.41. The number of rotatable bonds is 5. The molecule has 0 aliphatic heterocycles. The molecule has 140 valence electrons. The summed E-state index contributed by atoms with van der Waals surface area (Å²) in [6, 6.07) is 11.5. The van der Waals surface area contributed by atoms with Crippen LogP contribution >= 0.6 is 11.5 Å².